The van der Waals surface area contributed by atoms with Crippen molar-refractivity contribution in [2.75, 3.05) is 20.1 Å². The Morgan fingerprint density at radius 3 is 2.44 bits per heavy atom. The van der Waals surface area contributed by atoms with E-state index in [1.807, 2.05) is 36.4 Å². The number of aliphatic hydroxyl groups excluding tert-OH is 1. The lowest BCUT2D eigenvalue weighted by atomic mass is 10.2. The summed E-state index contributed by atoms with van der Waals surface area (Å²) in [6.07, 6.45) is -3.26. The fourth-order valence-corrected chi connectivity index (χ4v) is 1.41. The molecule has 0 aliphatic heterocycles. The molecule has 0 fully saturated rings. The van der Waals surface area contributed by atoms with Crippen LogP contribution in [0.3, 0.4) is 0 Å². The predicted octanol–water partition coefficient (Wildman–Crippen LogP) is 2.55. The van der Waals surface area contributed by atoms with Gasteiger partial charge in [-0.3, -0.25) is 4.90 Å². The standard InChI is InChI=1S/C13H16F3NO/c1-17(10-12(18)13(14,15)16)9-5-8-11-6-3-2-4-7-11/h2-8,12,18H,9-10H2,1H3/b8-5-/t12-/m0/s1. The van der Waals surface area contributed by atoms with Gasteiger partial charge in [-0.15, -0.1) is 0 Å². The number of hydrogen-bond donors (Lipinski definition) is 1. The summed E-state index contributed by atoms with van der Waals surface area (Å²) < 4.78 is 36.3. The largest absolute Gasteiger partial charge is 0.415 e. The summed E-state index contributed by atoms with van der Waals surface area (Å²) in [5.74, 6) is 0. The van der Waals surface area contributed by atoms with Crippen LogP contribution in [0.4, 0.5) is 13.2 Å². The summed E-state index contributed by atoms with van der Waals surface area (Å²) in [6, 6.07) is 9.47. The van der Waals surface area contributed by atoms with E-state index < -0.39 is 18.8 Å². The van der Waals surface area contributed by atoms with Crippen LogP contribution >= 0.6 is 0 Å². The second-order valence-electron chi connectivity index (χ2n) is 4.09. The summed E-state index contributed by atoms with van der Waals surface area (Å²) >= 11 is 0. The first-order valence-corrected chi connectivity index (χ1v) is 5.54. The smallest absolute Gasteiger partial charge is 0.382 e. The normalized spacial score (nSPS) is 14.3. The average molecular weight is 259 g/mol. The van der Waals surface area contributed by atoms with E-state index in [9.17, 15) is 13.2 Å². The molecular formula is C13H16F3NO. The third-order valence-electron chi connectivity index (χ3n) is 2.39. The summed E-state index contributed by atoms with van der Waals surface area (Å²) in [5, 5.41) is 8.88. The van der Waals surface area contributed by atoms with E-state index in [1.165, 1.54) is 11.9 Å². The Bertz CT molecular complexity index is 376. The fraction of sp³-hybridized carbons (Fsp3) is 0.385. The molecule has 0 bridgehead atoms. The minimum Gasteiger partial charge on any atom is -0.382 e. The van der Waals surface area contributed by atoms with Crippen LogP contribution in [-0.4, -0.2) is 42.4 Å². The van der Waals surface area contributed by atoms with Crippen LogP contribution in [0.1, 0.15) is 5.56 Å². The lowest BCUT2D eigenvalue weighted by molar-refractivity contribution is -0.207. The summed E-state index contributed by atoms with van der Waals surface area (Å²) in [4.78, 5) is 1.41. The van der Waals surface area contributed by atoms with Gasteiger partial charge in [0.2, 0.25) is 0 Å². The van der Waals surface area contributed by atoms with Gasteiger partial charge < -0.3 is 5.11 Å². The molecule has 1 atom stereocenters. The Morgan fingerprint density at radius 2 is 1.89 bits per heavy atom. The van der Waals surface area contributed by atoms with E-state index in [0.29, 0.717) is 6.54 Å². The number of aliphatic hydroxyl groups is 1. The van der Waals surface area contributed by atoms with E-state index in [-0.39, 0.29) is 0 Å². The third kappa shape index (κ3) is 5.33. The van der Waals surface area contributed by atoms with Crippen molar-refractivity contribution in [3.05, 3.63) is 42.0 Å². The van der Waals surface area contributed by atoms with Crippen molar-refractivity contribution in [2.24, 2.45) is 0 Å². The average Bonchev–Trinajstić information content (AvgIpc) is 2.29. The van der Waals surface area contributed by atoms with E-state index in [0.717, 1.165) is 5.56 Å². The zero-order valence-corrected chi connectivity index (χ0v) is 10.1. The van der Waals surface area contributed by atoms with Gasteiger partial charge in [-0.25, -0.2) is 0 Å². The second kappa shape index (κ2) is 6.56. The van der Waals surface area contributed by atoms with Gasteiger partial charge in [0.05, 0.1) is 0 Å². The van der Waals surface area contributed by atoms with Gasteiger partial charge in [-0.05, 0) is 12.6 Å². The Morgan fingerprint density at radius 1 is 1.28 bits per heavy atom. The minimum atomic E-state index is -4.56. The first-order chi connectivity index (χ1) is 8.39. The molecule has 1 aromatic rings. The molecule has 0 saturated carbocycles. The minimum absolute atomic E-state index is 0.349. The van der Waals surface area contributed by atoms with Crippen LogP contribution in [0.5, 0.6) is 0 Å². The summed E-state index contributed by atoms with van der Waals surface area (Å²) in [6.45, 7) is -0.0787. The van der Waals surface area contributed by atoms with Gasteiger partial charge in [0.15, 0.2) is 6.10 Å². The monoisotopic (exact) mass is 259 g/mol. The molecule has 1 rings (SSSR count). The lowest BCUT2D eigenvalue weighted by Gasteiger charge is -2.20. The number of alkyl halides is 3. The van der Waals surface area contributed by atoms with Crippen molar-refractivity contribution >= 4 is 6.08 Å². The Hall–Kier alpha value is -1.33. The van der Waals surface area contributed by atoms with Crippen LogP contribution in [0, 0.1) is 0 Å². The number of halogens is 3. The van der Waals surface area contributed by atoms with E-state index in [4.69, 9.17) is 5.11 Å². The van der Waals surface area contributed by atoms with Gasteiger partial charge >= 0.3 is 6.18 Å². The molecule has 0 saturated heterocycles. The predicted molar refractivity (Wildman–Crippen MR) is 65.0 cm³/mol. The molecule has 2 nitrogen and oxygen atoms in total. The fourth-order valence-electron chi connectivity index (χ4n) is 1.41. The molecule has 0 heterocycles. The summed E-state index contributed by atoms with van der Waals surface area (Å²) in [5.41, 5.74) is 0.988. The highest BCUT2D eigenvalue weighted by atomic mass is 19.4. The molecular weight excluding hydrogens is 243 g/mol. The molecule has 5 heteroatoms. The molecule has 0 aliphatic carbocycles. The molecule has 100 valence electrons. The van der Waals surface area contributed by atoms with Crippen molar-refractivity contribution in [2.45, 2.75) is 12.3 Å². The highest BCUT2D eigenvalue weighted by molar-refractivity contribution is 5.48. The number of likely N-dealkylation sites (N-methyl/N-ethyl adjacent to an activating group) is 1. The lowest BCUT2D eigenvalue weighted by Crippen LogP contribution is -2.39. The molecule has 0 radical (unpaired) electrons. The number of benzene rings is 1. The van der Waals surface area contributed by atoms with Crippen molar-refractivity contribution in [3.63, 3.8) is 0 Å². The molecule has 0 spiro atoms. The topological polar surface area (TPSA) is 23.5 Å². The van der Waals surface area contributed by atoms with E-state index in [1.54, 1.807) is 6.08 Å². The first-order valence-electron chi connectivity index (χ1n) is 5.54. The number of rotatable bonds is 5. The van der Waals surface area contributed by atoms with Gasteiger partial charge in [-0.1, -0.05) is 42.5 Å². The second-order valence-corrected chi connectivity index (χ2v) is 4.09. The maximum atomic E-state index is 12.1. The highest BCUT2D eigenvalue weighted by Crippen LogP contribution is 2.20. The van der Waals surface area contributed by atoms with Crippen molar-refractivity contribution in [3.8, 4) is 0 Å². The van der Waals surface area contributed by atoms with Crippen molar-refractivity contribution in [1.82, 2.24) is 4.90 Å². The van der Waals surface area contributed by atoms with E-state index in [2.05, 4.69) is 0 Å². The maximum Gasteiger partial charge on any atom is 0.415 e. The quantitative estimate of drug-likeness (QED) is 0.878. The number of nitrogens with zero attached hydrogens (tertiary/aromatic N) is 1. The molecule has 1 aromatic carbocycles. The van der Waals surface area contributed by atoms with Gasteiger partial charge in [0.1, 0.15) is 0 Å². The molecule has 0 aliphatic rings. The first kappa shape index (κ1) is 14.7. The van der Waals surface area contributed by atoms with Gasteiger partial charge in [0, 0.05) is 13.1 Å². The van der Waals surface area contributed by atoms with Crippen molar-refractivity contribution in [1.29, 1.82) is 0 Å². The zero-order valence-electron chi connectivity index (χ0n) is 10.1. The highest BCUT2D eigenvalue weighted by Gasteiger charge is 2.38. The van der Waals surface area contributed by atoms with Gasteiger partial charge in [0.25, 0.3) is 0 Å². The Labute approximate surface area is 104 Å². The maximum absolute atomic E-state index is 12.1. The van der Waals surface area contributed by atoms with Crippen LogP contribution < -0.4 is 0 Å². The molecule has 18 heavy (non-hydrogen) atoms. The number of hydrogen-bond acceptors (Lipinski definition) is 2. The zero-order chi connectivity index (χ0) is 13.6. The van der Waals surface area contributed by atoms with Crippen LogP contribution in [0.15, 0.2) is 36.4 Å². The molecule has 0 amide bonds. The van der Waals surface area contributed by atoms with Crippen molar-refractivity contribution < 1.29 is 18.3 Å². The molecule has 1 N–H and O–H groups in total. The van der Waals surface area contributed by atoms with Crippen LogP contribution in [0.25, 0.3) is 6.08 Å². The van der Waals surface area contributed by atoms with Gasteiger partial charge in [-0.2, -0.15) is 13.2 Å². The van der Waals surface area contributed by atoms with Crippen LogP contribution in [-0.2, 0) is 0 Å². The SMILES string of the molecule is CN(C/C=C\c1ccccc1)C[C@H](O)C(F)(F)F. The molecule has 0 aromatic heterocycles. The molecule has 0 unspecified atom stereocenters. The van der Waals surface area contributed by atoms with Crippen LogP contribution in [0.2, 0.25) is 0 Å². The Kier molecular flexibility index (Phi) is 5.37. The Balaban J connectivity index is 2.38. The third-order valence-corrected chi connectivity index (χ3v) is 2.39. The van der Waals surface area contributed by atoms with E-state index >= 15 is 0 Å². The summed E-state index contributed by atoms with van der Waals surface area (Å²) in [7, 11) is 1.53.